The molecule has 1 heterocycles. The molecule has 0 unspecified atom stereocenters. The maximum atomic E-state index is 12.0. The monoisotopic (exact) mass is 277 g/mol. The van der Waals surface area contributed by atoms with Crippen LogP contribution in [0.3, 0.4) is 0 Å². The zero-order chi connectivity index (χ0) is 13.6. The zero-order valence-corrected chi connectivity index (χ0v) is 12.6. The number of nitrogens with one attached hydrogen (secondary N) is 2. The Kier molecular flexibility index (Phi) is 6.55. The molecule has 0 aromatic heterocycles. The Bertz CT molecular complexity index is 322. The highest BCUT2D eigenvalue weighted by atomic mass is 32.2. The third-order valence-corrected chi connectivity index (χ3v) is 4.85. The van der Waals surface area contributed by atoms with Gasteiger partial charge in [0, 0.05) is 19.6 Å². The van der Waals surface area contributed by atoms with Gasteiger partial charge in [-0.15, -0.1) is 0 Å². The van der Waals surface area contributed by atoms with Crippen LogP contribution >= 0.6 is 0 Å². The van der Waals surface area contributed by atoms with Gasteiger partial charge in [0.15, 0.2) is 0 Å². The topological polar surface area (TPSA) is 61.4 Å². The molecule has 2 N–H and O–H groups in total. The molecule has 0 aromatic carbocycles. The van der Waals surface area contributed by atoms with Crippen LogP contribution in [0.25, 0.3) is 0 Å². The van der Waals surface area contributed by atoms with Crippen molar-refractivity contribution in [2.24, 2.45) is 11.8 Å². The van der Waals surface area contributed by atoms with Gasteiger partial charge < -0.3 is 5.32 Å². The Labute approximate surface area is 112 Å². The molecule has 1 aliphatic heterocycles. The SMILES string of the molecule is CCNCC1CCN(S(=O)(=O)NCC(C)C)CC1. The van der Waals surface area contributed by atoms with E-state index < -0.39 is 10.2 Å². The fourth-order valence-corrected chi connectivity index (χ4v) is 3.48. The van der Waals surface area contributed by atoms with Crippen LogP contribution < -0.4 is 10.0 Å². The number of hydrogen-bond acceptors (Lipinski definition) is 3. The minimum Gasteiger partial charge on any atom is -0.317 e. The summed E-state index contributed by atoms with van der Waals surface area (Å²) >= 11 is 0. The van der Waals surface area contributed by atoms with Gasteiger partial charge in [0.2, 0.25) is 0 Å². The average molecular weight is 277 g/mol. The van der Waals surface area contributed by atoms with Crippen LogP contribution in [0.1, 0.15) is 33.6 Å². The lowest BCUT2D eigenvalue weighted by Crippen LogP contribution is -2.46. The van der Waals surface area contributed by atoms with Crippen LogP contribution in [-0.4, -0.2) is 45.4 Å². The summed E-state index contributed by atoms with van der Waals surface area (Å²) in [5.74, 6) is 0.951. The molecule has 1 fully saturated rings. The summed E-state index contributed by atoms with van der Waals surface area (Å²) in [6.45, 7) is 9.89. The first kappa shape index (κ1) is 15.9. The van der Waals surface area contributed by atoms with E-state index in [4.69, 9.17) is 0 Å². The summed E-state index contributed by atoms with van der Waals surface area (Å²) in [5.41, 5.74) is 0. The molecule has 0 amide bonds. The van der Waals surface area contributed by atoms with Crippen molar-refractivity contribution >= 4 is 10.2 Å². The molecule has 1 rings (SSSR count). The second-order valence-corrected chi connectivity index (χ2v) is 7.15. The van der Waals surface area contributed by atoms with E-state index in [1.165, 1.54) is 0 Å². The van der Waals surface area contributed by atoms with E-state index in [2.05, 4.69) is 17.0 Å². The van der Waals surface area contributed by atoms with Crippen LogP contribution in [0.5, 0.6) is 0 Å². The Balaban J connectivity index is 2.37. The molecule has 0 aliphatic carbocycles. The van der Waals surface area contributed by atoms with Gasteiger partial charge in [0.1, 0.15) is 0 Å². The smallest absolute Gasteiger partial charge is 0.279 e. The van der Waals surface area contributed by atoms with E-state index in [0.29, 0.717) is 31.5 Å². The first-order valence-corrected chi connectivity index (χ1v) is 8.35. The summed E-state index contributed by atoms with van der Waals surface area (Å²) in [6, 6.07) is 0. The maximum Gasteiger partial charge on any atom is 0.279 e. The summed E-state index contributed by atoms with van der Waals surface area (Å²) in [5, 5.41) is 3.33. The fourth-order valence-electron chi connectivity index (χ4n) is 2.07. The van der Waals surface area contributed by atoms with Crippen LogP contribution in [0, 0.1) is 11.8 Å². The predicted molar refractivity (Wildman–Crippen MR) is 74.6 cm³/mol. The summed E-state index contributed by atoms with van der Waals surface area (Å²) in [6.07, 6.45) is 1.91. The van der Waals surface area contributed by atoms with Crippen LogP contribution in [0.15, 0.2) is 0 Å². The fraction of sp³-hybridized carbons (Fsp3) is 1.00. The van der Waals surface area contributed by atoms with Crippen molar-refractivity contribution in [1.29, 1.82) is 0 Å². The third-order valence-electron chi connectivity index (χ3n) is 3.27. The normalized spacial score (nSPS) is 19.6. The van der Waals surface area contributed by atoms with Crippen molar-refractivity contribution in [3.63, 3.8) is 0 Å². The van der Waals surface area contributed by atoms with E-state index in [9.17, 15) is 8.42 Å². The second kappa shape index (κ2) is 7.43. The summed E-state index contributed by atoms with van der Waals surface area (Å²) < 4.78 is 28.3. The minimum atomic E-state index is -3.26. The van der Waals surface area contributed by atoms with Crippen molar-refractivity contribution in [3.05, 3.63) is 0 Å². The lowest BCUT2D eigenvalue weighted by molar-refractivity contribution is 0.265. The van der Waals surface area contributed by atoms with Crippen molar-refractivity contribution in [3.8, 4) is 0 Å². The molecule has 1 aliphatic rings. The van der Waals surface area contributed by atoms with Crippen molar-refractivity contribution in [2.45, 2.75) is 33.6 Å². The summed E-state index contributed by atoms with van der Waals surface area (Å²) in [4.78, 5) is 0. The molecular formula is C12H27N3O2S. The first-order valence-electron chi connectivity index (χ1n) is 6.91. The highest BCUT2D eigenvalue weighted by Crippen LogP contribution is 2.18. The maximum absolute atomic E-state index is 12.0. The van der Waals surface area contributed by atoms with Crippen molar-refractivity contribution in [1.82, 2.24) is 14.3 Å². The molecule has 18 heavy (non-hydrogen) atoms. The number of hydrogen-bond donors (Lipinski definition) is 2. The van der Waals surface area contributed by atoms with Gasteiger partial charge in [-0.2, -0.15) is 12.7 Å². The second-order valence-electron chi connectivity index (χ2n) is 5.40. The Morgan fingerprint density at radius 1 is 1.28 bits per heavy atom. The lowest BCUT2D eigenvalue weighted by atomic mass is 9.98. The van der Waals surface area contributed by atoms with Crippen molar-refractivity contribution < 1.29 is 8.42 Å². The Hall–Kier alpha value is -0.170. The molecule has 6 heteroatoms. The molecular weight excluding hydrogens is 250 g/mol. The molecule has 0 aromatic rings. The molecule has 0 saturated carbocycles. The van der Waals surface area contributed by atoms with Crippen molar-refractivity contribution in [2.75, 3.05) is 32.7 Å². The van der Waals surface area contributed by atoms with Gasteiger partial charge in [0.05, 0.1) is 0 Å². The van der Waals surface area contributed by atoms with Gasteiger partial charge in [0.25, 0.3) is 10.2 Å². The van der Waals surface area contributed by atoms with E-state index in [-0.39, 0.29) is 0 Å². The van der Waals surface area contributed by atoms with Crippen LogP contribution in [0.2, 0.25) is 0 Å². The Morgan fingerprint density at radius 2 is 1.89 bits per heavy atom. The van der Waals surface area contributed by atoms with E-state index in [1.807, 2.05) is 13.8 Å². The molecule has 0 bridgehead atoms. The number of nitrogens with zero attached hydrogens (tertiary/aromatic N) is 1. The average Bonchev–Trinajstić information content (AvgIpc) is 2.34. The van der Waals surface area contributed by atoms with Gasteiger partial charge >= 0.3 is 0 Å². The van der Waals surface area contributed by atoms with E-state index in [1.54, 1.807) is 4.31 Å². The van der Waals surface area contributed by atoms with Crippen LogP contribution in [-0.2, 0) is 10.2 Å². The van der Waals surface area contributed by atoms with E-state index in [0.717, 1.165) is 25.9 Å². The van der Waals surface area contributed by atoms with Gasteiger partial charge in [-0.25, -0.2) is 4.72 Å². The molecule has 0 spiro atoms. The molecule has 5 nitrogen and oxygen atoms in total. The van der Waals surface area contributed by atoms with E-state index >= 15 is 0 Å². The number of piperidine rings is 1. The van der Waals surface area contributed by atoms with Gasteiger partial charge in [-0.1, -0.05) is 20.8 Å². The molecule has 0 atom stereocenters. The first-order chi connectivity index (χ1) is 8.45. The van der Waals surface area contributed by atoms with Gasteiger partial charge in [-0.3, -0.25) is 0 Å². The standard InChI is InChI=1S/C12H27N3O2S/c1-4-13-10-12-5-7-15(8-6-12)18(16,17)14-9-11(2)3/h11-14H,4-10H2,1-3H3. The largest absolute Gasteiger partial charge is 0.317 e. The number of rotatable bonds is 7. The molecule has 1 saturated heterocycles. The predicted octanol–water partition coefficient (Wildman–Crippen LogP) is 0.798. The van der Waals surface area contributed by atoms with Gasteiger partial charge in [-0.05, 0) is 37.8 Å². The Morgan fingerprint density at radius 3 is 2.39 bits per heavy atom. The lowest BCUT2D eigenvalue weighted by Gasteiger charge is -2.31. The quantitative estimate of drug-likeness (QED) is 0.723. The molecule has 0 radical (unpaired) electrons. The zero-order valence-electron chi connectivity index (χ0n) is 11.8. The summed E-state index contributed by atoms with van der Waals surface area (Å²) in [7, 11) is -3.26. The highest BCUT2D eigenvalue weighted by Gasteiger charge is 2.27. The minimum absolute atomic E-state index is 0.339. The highest BCUT2D eigenvalue weighted by molar-refractivity contribution is 7.87. The molecule has 108 valence electrons. The van der Waals surface area contributed by atoms with Crippen LogP contribution in [0.4, 0.5) is 0 Å². The third kappa shape index (κ3) is 5.22.